The molecule has 0 aliphatic rings. The summed E-state index contributed by atoms with van der Waals surface area (Å²) in [5.74, 6) is -2.37. The predicted octanol–water partition coefficient (Wildman–Crippen LogP) is 14.6. The first kappa shape index (κ1) is 66.0. The minimum atomic E-state index is -1.64. The molecule has 0 heterocycles. The van der Waals surface area contributed by atoms with Crippen LogP contribution in [0.1, 0.15) is 200 Å². The number of ether oxygens (including phenoxy) is 4. The van der Waals surface area contributed by atoms with Gasteiger partial charge in [-0.2, -0.15) is 0 Å². The number of carboxylic acid groups (broad SMARTS) is 1. The highest BCUT2D eigenvalue weighted by Crippen LogP contribution is 2.15. The molecule has 0 aromatic rings. The van der Waals surface area contributed by atoms with Crippen LogP contribution in [0.15, 0.2) is 109 Å². The molecular weight excluding hydrogens is 875 g/mol. The van der Waals surface area contributed by atoms with Gasteiger partial charge in [0.15, 0.2) is 12.4 Å². The average Bonchev–Trinajstić information content (AvgIpc) is 3.33. The Bertz CT molecular complexity index is 1510. The Labute approximate surface area is 428 Å². The number of carboxylic acids is 1. The number of hydrogen-bond donors (Lipinski definition) is 0. The van der Waals surface area contributed by atoms with E-state index < -0.39 is 24.3 Å². The third-order valence-electron chi connectivity index (χ3n) is 11.3. The SMILES string of the molecule is CC/C=C\C/C=C\C/C=C\C/C=C\C/C=C\C/C=C\C/C=C\C/C=C\C/C=C\CCCC(=O)OC(COC(=O)CCCCCCCCCCCCCCCCCC)COC(OCC[N+](C)(C)C)C(=O)[O-]. The van der Waals surface area contributed by atoms with Crippen LogP contribution in [0.4, 0.5) is 0 Å². The quantitative estimate of drug-likeness (QED) is 0.0195. The van der Waals surface area contributed by atoms with Crippen molar-refractivity contribution in [3.05, 3.63) is 109 Å². The lowest BCUT2D eigenvalue weighted by atomic mass is 10.0. The molecule has 9 nitrogen and oxygen atoms in total. The Balaban J connectivity index is 4.42. The fourth-order valence-electron chi connectivity index (χ4n) is 7.07. The number of nitrogens with zero attached hydrogens (tertiary/aromatic N) is 1. The molecule has 0 aromatic carbocycles. The molecule has 0 aliphatic carbocycles. The lowest BCUT2D eigenvalue weighted by molar-refractivity contribution is -0.870. The lowest BCUT2D eigenvalue weighted by Crippen LogP contribution is -2.44. The number of rotatable bonds is 49. The molecule has 70 heavy (non-hydrogen) atoms. The van der Waals surface area contributed by atoms with Gasteiger partial charge in [-0.3, -0.25) is 9.59 Å². The lowest BCUT2D eigenvalue weighted by Gasteiger charge is -2.26. The molecule has 0 N–H and O–H groups in total. The van der Waals surface area contributed by atoms with Crippen LogP contribution in [0.25, 0.3) is 0 Å². The molecule has 2 unspecified atom stereocenters. The van der Waals surface area contributed by atoms with Crippen molar-refractivity contribution in [2.24, 2.45) is 0 Å². The monoisotopic (exact) mass is 976 g/mol. The van der Waals surface area contributed by atoms with Crippen LogP contribution in [-0.2, 0) is 33.3 Å². The van der Waals surface area contributed by atoms with Crippen LogP contribution in [0.3, 0.4) is 0 Å². The summed E-state index contributed by atoms with van der Waals surface area (Å²) < 4.78 is 22.6. The standard InChI is InChI=1S/C61H101NO8/c1-6-8-10-12-14-16-18-20-22-24-25-26-27-28-29-30-31-32-33-34-35-36-38-40-42-44-46-48-50-52-59(64)70-57(56-69-61(60(65)66)67-54-53-62(3,4)5)55-68-58(63)51-49-47-45-43-41-39-37-23-21-19-17-15-13-11-9-7-2/h8,10,14,16,20,22,25-26,28-29,31-32,34-35,38,40,44,46,57,61H,6-7,9,11-13,15,17-19,21,23-24,27,30,33,36-37,39,41-43,45,47-56H2,1-5H3/b10-8-,16-14-,22-20-,26-25-,29-28-,32-31-,35-34-,40-38-,46-44-. The molecule has 0 radical (unpaired) electrons. The van der Waals surface area contributed by atoms with E-state index >= 15 is 0 Å². The smallest absolute Gasteiger partial charge is 0.306 e. The zero-order valence-corrected chi connectivity index (χ0v) is 45.1. The Morgan fingerprint density at radius 2 is 0.814 bits per heavy atom. The molecule has 398 valence electrons. The minimum absolute atomic E-state index is 0.132. The van der Waals surface area contributed by atoms with Crippen molar-refractivity contribution in [2.75, 3.05) is 47.5 Å². The molecule has 0 fully saturated rings. The van der Waals surface area contributed by atoms with E-state index in [0.29, 0.717) is 23.9 Å². The molecule has 0 spiro atoms. The van der Waals surface area contributed by atoms with Gasteiger partial charge >= 0.3 is 11.9 Å². The van der Waals surface area contributed by atoms with E-state index in [4.69, 9.17) is 18.9 Å². The van der Waals surface area contributed by atoms with Gasteiger partial charge in [-0.1, -0.05) is 220 Å². The second-order valence-corrected chi connectivity index (χ2v) is 19.1. The second kappa shape index (κ2) is 51.3. The second-order valence-electron chi connectivity index (χ2n) is 19.1. The molecule has 9 heteroatoms. The van der Waals surface area contributed by atoms with Crippen molar-refractivity contribution in [1.29, 1.82) is 0 Å². The molecule has 0 amide bonds. The van der Waals surface area contributed by atoms with E-state index in [1.807, 2.05) is 21.1 Å². The number of allylic oxidation sites excluding steroid dienone is 18. The van der Waals surface area contributed by atoms with E-state index in [1.165, 1.54) is 83.5 Å². The molecule has 0 aliphatic heterocycles. The summed E-state index contributed by atoms with van der Waals surface area (Å²) in [4.78, 5) is 37.2. The van der Waals surface area contributed by atoms with E-state index in [0.717, 1.165) is 77.0 Å². The molecular formula is C61H101NO8. The van der Waals surface area contributed by atoms with Crippen LogP contribution in [-0.4, -0.2) is 82.3 Å². The van der Waals surface area contributed by atoms with Crippen molar-refractivity contribution in [1.82, 2.24) is 0 Å². The summed E-state index contributed by atoms with van der Waals surface area (Å²) in [6.45, 7) is 4.56. The summed E-state index contributed by atoms with van der Waals surface area (Å²) in [5, 5.41) is 11.7. The van der Waals surface area contributed by atoms with Crippen molar-refractivity contribution in [3.8, 4) is 0 Å². The maximum atomic E-state index is 12.8. The van der Waals surface area contributed by atoms with Gasteiger partial charge in [0.05, 0.1) is 40.3 Å². The fourth-order valence-corrected chi connectivity index (χ4v) is 7.07. The van der Waals surface area contributed by atoms with Gasteiger partial charge in [0.25, 0.3) is 0 Å². The van der Waals surface area contributed by atoms with E-state index in [9.17, 15) is 19.5 Å². The van der Waals surface area contributed by atoms with E-state index in [-0.39, 0.29) is 38.6 Å². The zero-order valence-electron chi connectivity index (χ0n) is 45.1. The first-order valence-corrected chi connectivity index (χ1v) is 27.5. The summed E-state index contributed by atoms with van der Waals surface area (Å²) in [7, 11) is 5.89. The molecule has 0 saturated carbocycles. The number of esters is 2. The van der Waals surface area contributed by atoms with Crippen LogP contribution < -0.4 is 5.11 Å². The summed E-state index contributed by atoms with van der Waals surface area (Å²) >= 11 is 0. The van der Waals surface area contributed by atoms with Gasteiger partial charge in [-0.15, -0.1) is 0 Å². The first-order chi connectivity index (χ1) is 34.1. The molecule has 0 rings (SSSR count). The van der Waals surface area contributed by atoms with E-state index in [1.54, 1.807) is 0 Å². The summed E-state index contributed by atoms with van der Waals surface area (Å²) in [6.07, 6.45) is 67.1. The van der Waals surface area contributed by atoms with Crippen molar-refractivity contribution in [2.45, 2.75) is 212 Å². The Hall–Kier alpha value is -4.05. The highest BCUT2D eigenvalue weighted by molar-refractivity contribution is 5.70. The summed E-state index contributed by atoms with van der Waals surface area (Å²) in [6, 6.07) is 0. The Morgan fingerprint density at radius 3 is 1.20 bits per heavy atom. The summed E-state index contributed by atoms with van der Waals surface area (Å²) in [5.41, 5.74) is 0. The molecule has 0 aromatic heterocycles. The number of carbonyl (C=O) groups is 3. The predicted molar refractivity (Wildman–Crippen MR) is 292 cm³/mol. The van der Waals surface area contributed by atoms with Gasteiger partial charge in [-0.05, 0) is 77.0 Å². The average molecular weight is 976 g/mol. The number of unbranched alkanes of at least 4 members (excludes halogenated alkanes) is 16. The van der Waals surface area contributed by atoms with E-state index in [2.05, 4.69) is 123 Å². The third kappa shape index (κ3) is 51.8. The van der Waals surface area contributed by atoms with Gasteiger partial charge in [-0.25, -0.2) is 0 Å². The van der Waals surface area contributed by atoms with Crippen LogP contribution >= 0.6 is 0 Å². The van der Waals surface area contributed by atoms with Gasteiger partial charge in [0, 0.05) is 12.8 Å². The topological polar surface area (TPSA) is 111 Å². The van der Waals surface area contributed by atoms with Crippen molar-refractivity contribution in [3.63, 3.8) is 0 Å². The maximum Gasteiger partial charge on any atom is 0.306 e. The zero-order chi connectivity index (χ0) is 51.3. The Kier molecular flexibility index (Phi) is 48.3. The number of aliphatic carboxylic acids is 1. The highest BCUT2D eigenvalue weighted by atomic mass is 16.7. The largest absolute Gasteiger partial charge is 0.545 e. The third-order valence-corrected chi connectivity index (χ3v) is 11.3. The van der Waals surface area contributed by atoms with Gasteiger partial charge in [0.2, 0.25) is 0 Å². The van der Waals surface area contributed by atoms with Crippen LogP contribution in [0.5, 0.6) is 0 Å². The van der Waals surface area contributed by atoms with Crippen molar-refractivity contribution < 1.29 is 42.9 Å². The molecule has 0 saturated heterocycles. The normalized spacial score (nSPS) is 13.7. The number of carbonyl (C=O) groups excluding carboxylic acids is 3. The van der Waals surface area contributed by atoms with Gasteiger partial charge < -0.3 is 33.3 Å². The Morgan fingerprint density at radius 1 is 0.443 bits per heavy atom. The number of likely N-dealkylation sites (N-methyl/N-ethyl adjacent to an activating group) is 1. The fraction of sp³-hybridized carbons (Fsp3) is 0.656. The first-order valence-electron chi connectivity index (χ1n) is 27.5. The van der Waals surface area contributed by atoms with Gasteiger partial charge in [0.1, 0.15) is 13.2 Å². The van der Waals surface area contributed by atoms with Crippen LogP contribution in [0.2, 0.25) is 0 Å². The maximum absolute atomic E-state index is 12.8. The molecule has 2 atom stereocenters. The highest BCUT2D eigenvalue weighted by Gasteiger charge is 2.21. The number of quaternary nitrogens is 1. The minimum Gasteiger partial charge on any atom is -0.545 e. The molecule has 0 bridgehead atoms. The van der Waals surface area contributed by atoms with Crippen LogP contribution in [0, 0.1) is 0 Å². The number of hydrogen-bond acceptors (Lipinski definition) is 8. The van der Waals surface area contributed by atoms with Crippen molar-refractivity contribution >= 4 is 17.9 Å².